The number of hydrogen-bond donors (Lipinski definition) is 1. The average Bonchev–Trinajstić information content (AvgIpc) is 2.82. The summed E-state index contributed by atoms with van der Waals surface area (Å²) in [5, 5.41) is 9.15. The van der Waals surface area contributed by atoms with Gasteiger partial charge in [0.2, 0.25) is 0 Å². The summed E-state index contributed by atoms with van der Waals surface area (Å²) < 4.78 is 2.07. The van der Waals surface area contributed by atoms with Crippen LogP contribution in [0.15, 0.2) is 48.5 Å². The lowest BCUT2D eigenvalue weighted by Crippen LogP contribution is -1.90. The lowest BCUT2D eigenvalue weighted by molar-refractivity contribution is 0.282. The Balaban J connectivity index is 1.95. The molecule has 0 aliphatic rings. The lowest BCUT2D eigenvalue weighted by Gasteiger charge is -1.99. The number of nitrogens with zero attached hydrogens (tertiary/aromatic N) is 2. The molecule has 100 valence electrons. The number of aliphatic hydroxyl groups excluding tert-OH is 1. The Hall–Kier alpha value is -2.39. The Kier molecular flexibility index (Phi) is 3.35. The summed E-state index contributed by atoms with van der Waals surface area (Å²) in [6, 6.07) is 15.9. The van der Waals surface area contributed by atoms with Crippen LogP contribution in [0, 0.1) is 0 Å². The summed E-state index contributed by atoms with van der Waals surface area (Å²) in [7, 11) is 2.01. The molecule has 3 aromatic rings. The summed E-state index contributed by atoms with van der Waals surface area (Å²) >= 11 is 0. The number of hydrogen-bond acceptors (Lipinski definition) is 2. The van der Waals surface area contributed by atoms with Crippen molar-refractivity contribution in [1.82, 2.24) is 9.55 Å². The highest BCUT2D eigenvalue weighted by molar-refractivity contribution is 5.79. The number of imidazole rings is 1. The Morgan fingerprint density at radius 1 is 1.10 bits per heavy atom. The van der Waals surface area contributed by atoms with Gasteiger partial charge in [-0.25, -0.2) is 4.98 Å². The van der Waals surface area contributed by atoms with E-state index in [2.05, 4.69) is 15.6 Å². The fraction of sp³-hybridized carbons (Fsp3) is 0.118. The number of benzene rings is 2. The van der Waals surface area contributed by atoms with Gasteiger partial charge in [0.15, 0.2) is 0 Å². The van der Waals surface area contributed by atoms with Gasteiger partial charge in [-0.1, -0.05) is 36.4 Å². The van der Waals surface area contributed by atoms with E-state index in [0.29, 0.717) is 0 Å². The van der Waals surface area contributed by atoms with Crippen molar-refractivity contribution in [3.8, 4) is 0 Å². The standard InChI is InChI=1S/C17H16N2O/c1-19-16-8-3-2-7-15(16)18-17(19)10-9-13-5-4-6-14(11-13)12-20/h2-11,20H,12H2,1H3/b10-9+. The number of rotatable bonds is 3. The van der Waals surface area contributed by atoms with Crippen molar-refractivity contribution in [3.05, 3.63) is 65.5 Å². The fourth-order valence-electron chi connectivity index (χ4n) is 2.28. The maximum atomic E-state index is 9.15. The van der Waals surface area contributed by atoms with Crippen molar-refractivity contribution in [2.45, 2.75) is 6.61 Å². The normalized spacial score (nSPS) is 11.5. The van der Waals surface area contributed by atoms with E-state index >= 15 is 0 Å². The van der Waals surface area contributed by atoms with E-state index in [4.69, 9.17) is 5.11 Å². The van der Waals surface area contributed by atoms with Crippen molar-refractivity contribution >= 4 is 23.2 Å². The predicted octanol–water partition coefficient (Wildman–Crippen LogP) is 3.24. The molecule has 2 aromatic carbocycles. The minimum atomic E-state index is 0.0635. The van der Waals surface area contributed by atoms with Gasteiger partial charge in [-0.3, -0.25) is 0 Å². The monoisotopic (exact) mass is 264 g/mol. The molecule has 1 N–H and O–H groups in total. The molecule has 0 aliphatic carbocycles. The predicted molar refractivity (Wildman–Crippen MR) is 82.0 cm³/mol. The Bertz CT molecular complexity index is 772. The largest absolute Gasteiger partial charge is 0.392 e. The molecule has 3 rings (SSSR count). The summed E-state index contributed by atoms with van der Waals surface area (Å²) in [6.07, 6.45) is 4.01. The Labute approximate surface area is 117 Å². The molecular formula is C17H16N2O. The SMILES string of the molecule is Cn1c(/C=C/c2cccc(CO)c2)nc2ccccc21. The lowest BCUT2D eigenvalue weighted by atomic mass is 10.1. The van der Waals surface area contributed by atoms with Crippen LogP contribution in [0.5, 0.6) is 0 Å². The van der Waals surface area contributed by atoms with Gasteiger partial charge >= 0.3 is 0 Å². The van der Waals surface area contributed by atoms with E-state index < -0.39 is 0 Å². The molecule has 0 saturated heterocycles. The van der Waals surface area contributed by atoms with E-state index in [1.54, 1.807) is 0 Å². The van der Waals surface area contributed by atoms with Crippen LogP contribution in [0.2, 0.25) is 0 Å². The number of fused-ring (bicyclic) bond motifs is 1. The molecular weight excluding hydrogens is 248 g/mol. The van der Waals surface area contributed by atoms with Crippen molar-refractivity contribution in [3.63, 3.8) is 0 Å². The molecule has 0 bridgehead atoms. The van der Waals surface area contributed by atoms with Gasteiger partial charge in [0.25, 0.3) is 0 Å². The highest BCUT2D eigenvalue weighted by atomic mass is 16.3. The molecule has 1 aromatic heterocycles. The second kappa shape index (κ2) is 5.31. The number of aryl methyl sites for hydroxylation is 1. The first-order valence-electron chi connectivity index (χ1n) is 6.57. The molecule has 0 radical (unpaired) electrons. The minimum absolute atomic E-state index is 0.0635. The Morgan fingerprint density at radius 2 is 1.95 bits per heavy atom. The van der Waals surface area contributed by atoms with Gasteiger partial charge in [-0.2, -0.15) is 0 Å². The van der Waals surface area contributed by atoms with Gasteiger partial charge in [0.05, 0.1) is 17.6 Å². The molecule has 1 heterocycles. The molecule has 3 heteroatoms. The third-order valence-electron chi connectivity index (χ3n) is 3.38. The number of aliphatic hydroxyl groups is 1. The zero-order valence-electron chi connectivity index (χ0n) is 11.3. The molecule has 0 saturated carbocycles. The smallest absolute Gasteiger partial charge is 0.133 e. The molecule has 0 aliphatic heterocycles. The van der Waals surface area contributed by atoms with Crippen LogP contribution in [-0.4, -0.2) is 14.7 Å². The van der Waals surface area contributed by atoms with Gasteiger partial charge in [-0.05, 0) is 35.4 Å². The highest BCUT2D eigenvalue weighted by Gasteiger charge is 2.03. The van der Waals surface area contributed by atoms with Crippen molar-refractivity contribution < 1.29 is 5.11 Å². The first kappa shape index (κ1) is 12.6. The first-order valence-corrected chi connectivity index (χ1v) is 6.57. The fourth-order valence-corrected chi connectivity index (χ4v) is 2.28. The van der Waals surface area contributed by atoms with Crippen LogP contribution < -0.4 is 0 Å². The molecule has 0 unspecified atom stereocenters. The second-order valence-corrected chi connectivity index (χ2v) is 4.75. The highest BCUT2D eigenvalue weighted by Crippen LogP contribution is 2.16. The zero-order chi connectivity index (χ0) is 13.9. The van der Waals surface area contributed by atoms with E-state index in [1.807, 2.05) is 61.7 Å². The third-order valence-corrected chi connectivity index (χ3v) is 3.38. The maximum absolute atomic E-state index is 9.15. The third kappa shape index (κ3) is 2.36. The van der Waals surface area contributed by atoms with Crippen LogP contribution in [0.1, 0.15) is 17.0 Å². The van der Waals surface area contributed by atoms with E-state index in [-0.39, 0.29) is 6.61 Å². The second-order valence-electron chi connectivity index (χ2n) is 4.75. The van der Waals surface area contributed by atoms with Crippen molar-refractivity contribution in [1.29, 1.82) is 0 Å². The summed E-state index contributed by atoms with van der Waals surface area (Å²) in [5.41, 5.74) is 4.09. The zero-order valence-corrected chi connectivity index (χ0v) is 11.3. The van der Waals surface area contributed by atoms with Crippen LogP contribution in [0.3, 0.4) is 0 Å². The quantitative estimate of drug-likeness (QED) is 0.788. The van der Waals surface area contributed by atoms with E-state index in [1.165, 1.54) is 0 Å². The minimum Gasteiger partial charge on any atom is -0.392 e. The number of para-hydroxylation sites is 2. The molecule has 0 amide bonds. The van der Waals surface area contributed by atoms with E-state index in [0.717, 1.165) is 28.0 Å². The molecule has 20 heavy (non-hydrogen) atoms. The van der Waals surface area contributed by atoms with Gasteiger partial charge in [-0.15, -0.1) is 0 Å². The van der Waals surface area contributed by atoms with Crippen molar-refractivity contribution in [2.75, 3.05) is 0 Å². The van der Waals surface area contributed by atoms with Gasteiger partial charge in [0, 0.05) is 7.05 Å². The maximum Gasteiger partial charge on any atom is 0.133 e. The molecule has 0 atom stereocenters. The van der Waals surface area contributed by atoms with Crippen LogP contribution >= 0.6 is 0 Å². The molecule has 3 nitrogen and oxygen atoms in total. The Morgan fingerprint density at radius 3 is 2.75 bits per heavy atom. The average molecular weight is 264 g/mol. The summed E-state index contributed by atoms with van der Waals surface area (Å²) in [4.78, 5) is 4.60. The van der Waals surface area contributed by atoms with E-state index in [9.17, 15) is 0 Å². The van der Waals surface area contributed by atoms with Crippen molar-refractivity contribution in [2.24, 2.45) is 7.05 Å². The molecule has 0 spiro atoms. The molecule has 0 fully saturated rings. The summed E-state index contributed by atoms with van der Waals surface area (Å²) in [5.74, 6) is 0.917. The summed E-state index contributed by atoms with van der Waals surface area (Å²) in [6.45, 7) is 0.0635. The number of aromatic nitrogens is 2. The van der Waals surface area contributed by atoms with Crippen LogP contribution in [0.4, 0.5) is 0 Å². The van der Waals surface area contributed by atoms with Crippen LogP contribution in [0.25, 0.3) is 23.2 Å². The van der Waals surface area contributed by atoms with Gasteiger partial charge in [0.1, 0.15) is 5.82 Å². The van der Waals surface area contributed by atoms with Crippen LogP contribution in [-0.2, 0) is 13.7 Å². The first-order chi connectivity index (χ1) is 9.78. The van der Waals surface area contributed by atoms with Gasteiger partial charge < -0.3 is 9.67 Å². The topological polar surface area (TPSA) is 38.0 Å².